The van der Waals surface area contributed by atoms with E-state index in [2.05, 4.69) is 5.32 Å². The van der Waals surface area contributed by atoms with Gasteiger partial charge in [0.2, 0.25) is 0 Å². The van der Waals surface area contributed by atoms with Gasteiger partial charge in [0, 0.05) is 18.2 Å². The molecule has 1 unspecified atom stereocenters. The number of aromatic nitrogens is 1. The van der Waals surface area contributed by atoms with Crippen LogP contribution in [0.5, 0.6) is 11.5 Å². The zero-order valence-electron chi connectivity index (χ0n) is 15.1. The zero-order chi connectivity index (χ0) is 19.8. The van der Waals surface area contributed by atoms with Crippen molar-refractivity contribution in [1.29, 1.82) is 0 Å². The molecule has 0 fully saturated rings. The summed E-state index contributed by atoms with van der Waals surface area (Å²) in [4.78, 5) is 24.2. The van der Waals surface area contributed by atoms with Crippen molar-refractivity contribution in [2.45, 2.75) is 18.1 Å². The third kappa shape index (κ3) is 5.78. The summed E-state index contributed by atoms with van der Waals surface area (Å²) in [5, 5.41) is 14.5. The number of carbonyl (C=O) groups is 2. The lowest BCUT2D eigenvalue weighted by Gasteiger charge is -2.15. The van der Waals surface area contributed by atoms with E-state index in [0.29, 0.717) is 26.9 Å². The van der Waals surface area contributed by atoms with Crippen LogP contribution >= 0.6 is 11.8 Å². The van der Waals surface area contributed by atoms with Gasteiger partial charge in [-0.15, -0.1) is 0 Å². The number of nitrogens with zero attached hydrogens (tertiary/aromatic N) is 1. The lowest BCUT2D eigenvalue weighted by Crippen LogP contribution is -2.31. The Morgan fingerprint density at radius 2 is 2.00 bits per heavy atom. The first-order chi connectivity index (χ1) is 12.9. The van der Waals surface area contributed by atoms with Crippen LogP contribution in [0.25, 0.3) is 0 Å². The van der Waals surface area contributed by atoms with Gasteiger partial charge in [-0.2, -0.15) is 4.73 Å². The first-order valence-corrected chi connectivity index (χ1v) is 8.96. The van der Waals surface area contributed by atoms with E-state index in [0.717, 1.165) is 11.8 Å². The van der Waals surface area contributed by atoms with Crippen molar-refractivity contribution in [2.75, 3.05) is 25.3 Å². The molecule has 1 N–H and O–H groups in total. The average Bonchev–Trinajstić information content (AvgIpc) is 2.67. The SMILES string of the molecule is COc1ccc(OC)c(NC(=O)C(C)OC(=O)CSc2cccc[n+]2[O-])c1. The third-order valence-corrected chi connectivity index (χ3v) is 4.46. The second-order valence-corrected chi connectivity index (χ2v) is 6.34. The smallest absolute Gasteiger partial charge is 0.317 e. The normalized spacial score (nSPS) is 11.4. The van der Waals surface area contributed by atoms with Gasteiger partial charge in [-0.05, 0) is 36.9 Å². The van der Waals surface area contributed by atoms with Gasteiger partial charge in [0.1, 0.15) is 17.3 Å². The van der Waals surface area contributed by atoms with Gasteiger partial charge in [0.15, 0.2) is 12.3 Å². The molecule has 0 spiro atoms. The van der Waals surface area contributed by atoms with Crippen molar-refractivity contribution in [3.05, 3.63) is 47.8 Å². The van der Waals surface area contributed by atoms with E-state index >= 15 is 0 Å². The van der Waals surface area contributed by atoms with E-state index in [4.69, 9.17) is 14.2 Å². The minimum absolute atomic E-state index is 0.0909. The molecule has 27 heavy (non-hydrogen) atoms. The maximum Gasteiger partial charge on any atom is 0.317 e. The maximum absolute atomic E-state index is 12.3. The number of anilines is 1. The van der Waals surface area contributed by atoms with Gasteiger partial charge in [0.05, 0.1) is 19.9 Å². The van der Waals surface area contributed by atoms with Crippen LogP contribution in [0.1, 0.15) is 6.92 Å². The highest BCUT2D eigenvalue weighted by molar-refractivity contribution is 7.99. The molecule has 0 saturated carbocycles. The van der Waals surface area contributed by atoms with Crippen LogP contribution in [0.4, 0.5) is 5.69 Å². The van der Waals surface area contributed by atoms with Crippen LogP contribution in [0.15, 0.2) is 47.6 Å². The largest absolute Gasteiger partial charge is 0.618 e. The topological polar surface area (TPSA) is 101 Å². The number of rotatable bonds is 8. The molecule has 0 aliphatic carbocycles. The van der Waals surface area contributed by atoms with Crippen LogP contribution in [-0.2, 0) is 14.3 Å². The highest BCUT2D eigenvalue weighted by atomic mass is 32.2. The quantitative estimate of drug-likeness (QED) is 0.317. The van der Waals surface area contributed by atoms with Crippen molar-refractivity contribution < 1.29 is 28.5 Å². The van der Waals surface area contributed by atoms with Crippen LogP contribution in [0, 0.1) is 5.21 Å². The van der Waals surface area contributed by atoms with E-state index in [1.165, 1.54) is 27.3 Å². The number of amides is 1. The lowest BCUT2D eigenvalue weighted by atomic mass is 10.2. The predicted molar refractivity (Wildman–Crippen MR) is 99.9 cm³/mol. The Morgan fingerprint density at radius 1 is 1.22 bits per heavy atom. The minimum atomic E-state index is -1.02. The fraction of sp³-hybridized carbons (Fsp3) is 0.278. The number of ether oxygens (including phenoxy) is 3. The number of hydrogen-bond acceptors (Lipinski definition) is 7. The molecule has 1 heterocycles. The summed E-state index contributed by atoms with van der Waals surface area (Å²) in [7, 11) is 2.98. The predicted octanol–water partition coefficient (Wildman–Crippen LogP) is 2.00. The van der Waals surface area contributed by atoms with Gasteiger partial charge >= 0.3 is 5.97 Å². The first-order valence-electron chi connectivity index (χ1n) is 7.98. The number of esters is 1. The molecule has 2 aromatic rings. The maximum atomic E-state index is 12.3. The zero-order valence-corrected chi connectivity index (χ0v) is 15.9. The molecule has 1 amide bonds. The number of carbonyl (C=O) groups excluding carboxylic acids is 2. The molecule has 0 aliphatic rings. The van der Waals surface area contributed by atoms with E-state index < -0.39 is 18.0 Å². The van der Waals surface area contributed by atoms with Gasteiger partial charge in [-0.25, -0.2) is 0 Å². The molecule has 2 rings (SSSR count). The molecule has 0 saturated heterocycles. The lowest BCUT2D eigenvalue weighted by molar-refractivity contribution is -0.645. The summed E-state index contributed by atoms with van der Waals surface area (Å²) in [5.74, 6) is -0.224. The molecule has 9 heteroatoms. The second kappa shape index (κ2) is 9.67. The summed E-state index contributed by atoms with van der Waals surface area (Å²) in [6, 6.07) is 9.83. The van der Waals surface area contributed by atoms with Gasteiger partial charge in [-0.1, -0.05) is 0 Å². The Bertz CT molecular complexity index is 814. The van der Waals surface area contributed by atoms with E-state index in [1.54, 1.807) is 36.4 Å². The molecule has 144 valence electrons. The molecule has 1 aromatic heterocycles. The number of methoxy groups -OCH3 is 2. The number of pyridine rings is 1. The standard InChI is InChI=1S/C18H20N2O6S/c1-12(26-17(21)11-27-16-6-4-5-9-20(16)23)18(22)19-14-10-13(24-2)7-8-15(14)25-3/h4-10,12H,11H2,1-3H3,(H,19,22). The summed E-state index contributed by atoms with van der Waals surface area (Å²) >= 11 is 1.03. The molecule has 8 nitrogen and oxygen atoms in total. The molecule has 1 aromatic carbocycles. The Labute approximate surface area is 161 Å². The first kappa shape index (κ1) is 20.4. The Morgan fingerprint density at radius 3 is 2.67 bits per heavy atom. The average molecular weight is 392 g/mol. The monoisotopic (exact) mass is 392 g/mol. The van der Waals surface area contributed by atoms with Crippen molar-refractivity contribution in [3.8, 4) is 11.5 Å². The Hall–Kier alpha value is -2.94. The van der Waals surface area contributed by atoms with Crippen LogP contribution in [-0.4, -0.2) is 38.0 Å². The summed E-state index contributed by atoms with van der Waals surface area (Å²) in [6.07, 6.45) is 0.315. The Balaban J connectivity index is 1.91. The van der Waals surface area contributed by atoms with Crippen molar-refractivity contribution >= 4 is 29.3 Å². The van der Waals surface area contributed by atoms with Crippen molar-refractivity contribution in [1.82, 2.24) is 0 Å². The van der Waals surface area contributed by atoms with Crippen LogP contribution in [0.2, 0.25) is 0 Å². The Kier molecular flexibility index (Phi) is 7.30. The van der Waals surface area contributed by atoms with Gasteiger partial charge in [0.25, 0.3) is 10.9 Å². The van der Waals surface area contributed by atoms with E-state index in [9.17, 15) is 14.8 Å². The summed E-state index contributed by atoms with van der Waals surface area (Å²) in [5.41, 5.74) is 0.399. The van der Waals surface area contributed by atoms with Crippen molar-refractivity contribution in [2.24, 2.45) is 0 Å². The van der Waals surface area contributed by atoms with Crippen LogP contribution < -0.4 is 19.5 Å². The number of benzene rings is 1. The summed E-state index contributed by atoms with van der Waals surface area (Å²) in [6.45, 7) is 1.46. The van der Waals surface area contributed by atoms with Crippen molar-refractivity contribution in [3.63, 3.8) is 0 Å². The van der Waals surface area contributed by atoms with Gasteiger partial charge in [-0.3, -0.25) is 9.59 Å². The van der Waals surface area contributed by atoms with Crippen LogP contribution in [0.3, 0.4) is 0 Å². The van der Waals surface area contributed by atoms with Gasteiger partial charge < -0.3 is 24.7 Å². The van der Waals surface area contributed by atoms with E-state index in [1.807, 2.05) is 0 Å². The molecule has 0 radical (unpaired) electrons. The summed E-state index contributed by atoms with van der Waals surface area (Å²) < 4.78 is 16.1. The number of nitrogens with one attached hydrogen (secondary N) is 1. The van der Waals surface area contributed by atoms with E-state index in [-0.39, 0.29) is 5.75 Å². The number of thioether (sulfide) groups is 1. The molecular weight excluding hydrogens is 372 g/mol. The third-order valence-electron chi connectivity index (χ3n) is 3.47. The minimum Gasteiger partial charge on any atom is -0.618 e. The molecule has 0 aliphatic heterocycles. The number of hydrogen-bond donors (Lipinski definition) is 1. The molecule has 1 atom stereocenters. The molecular formula is C18H20N2O6S. The highest BCUT2D eigenvalue weighted by Gasteiger charge is 2.20. The fourth-order valence-corrected chi connectivity index (χ4v) is 2.78. The second-order valence-electron chi connectivity index (χ2n) is 5.34. The highest BCUT2D eigenvalue weighted by Crippen LogP contribution is 2.29. The molecule has 0 bridgehead atoms. The fourth-order valence-electron chi connectivity index (χ4n) is 2.09.